The molecular weight excluding hydrogens is 226 g/mol. The number of allylic oxidation sites excluding steroid dienone is 4. The minimum absolute atomic E-state index is 0.226. The smallest absolute Gasteiger partial charge is 0.414 e. The number of carbonyl (C=O) groups is 1. The fourth-order valence-electron chi connectivity index (χ4n) is 1.82. The van der Waals surface area contributed by atoms with E-state index < -0.39 is 5.60 Å². The molecule has 0 aromatic heterocycles. The second-order valence-electron chi connectivity index (χ2n) is 5.99. The molecule has 0 saturated carbocycles. The molecule has 0 radical (unpaired) electrons. The van der Waals surface area contributed by atoms with Crippen LogP contribution >= 0.6 is 0 Å². The zero-order chi connectivity index (χ0) is 13.8. The van der Waals surface area contributed by atoms with E-state index in [4.69, 9.17) is 4.74 Å². The normalized spacial score (nSPS) is 18.7. The average Bonchev–Trinajstić information content (AvgIpc) is 2.24. The Balaban J connectivity index is 2.80. The zero-order valence-corrected chi connectivity index (χ0v) is 12.2. The Morgan fingerprint density at radius 2 is 1.94 bits per heavy atom. The molecule has 0 atom stereocenters. The first-order chi connectivity index (χ1) is 8.29. The Bertz CT molecular complexity index is 357. The Kier molecular flexibility index (Phi) is 5.00. The van der Waals surface area contributed by atoms with Gasteiger partial charge in [-0.05, 0) is 60.0 Å². The quantitative estimate of drug-likeness (QED) is 0.697. The lowest BCUT2D eigenvalue weighted by Gasteiger charge is -2.31. The minimum Gasteiger partial charge on any atom is -0.443 e. The van der Waals surface area contributed by atoms with Crippen molar-refractivity contribution in [1.82, 2.24) is 4.90 Å². The Morgan fingerprint density at radius 3 is 2.50 bits per heavy atom. The van der Waals surface area contributed by atoms with Crippen molar-refractivity contribution < 1.29 is 9.53 Å². The molecule has 18 heavy (non-hydrogen) atoms. The summed E-state index contributed by atoms with van der Waals surface area (Å²) in [6.07, 6.45) is 7.00. The molecular formula is C15H25NO2. The number of nitrogens with zero attached hydrogens (tertiary/aromatic N) is 1. The predicted octanol–water partition coefficient (Wildman–Crippen LogP) is 4.26. The van der Waals surface area contributed by atoms with Gasteiger partial charge in [0, 0.05) is 12.2 Å². The van der Waals surface area contributed by atoms with E-state index in [0.717, 1.165) is 31.5 Å². The third-order valence-electron chi connectivity index (χ3n) is 2.63. The molecule has 1 saturated heterocycles. The van der Waals surface area contributed by atoms with Gasteiger partial charge in [0.15, 0.2) is 0 Å². The van der Waals surface area contributed by atoms with Crippen LogP contribution < -0.4 is 0 Å². The molecule has 0 unspecified atom stereocenters. The van der Waals surface area contributed by atoms with E-state index >= 15 is 0 Å². The maximum absolute atomic E-state index is 12.1. The average molecular weight is 251 g/mol. The van der Waals surface area contributed by atoms with Gasteiger partial charge in [-0.2, -0.15) is 0 Å². The highest BCUT2D eigenvalue weighted by Crippen LogP contribution is 2.23. The summed E-state index contributed by atoms with van der Waals surface area (Å²) in [7, 11) is 0. The van der Waals surface area contributed by atoms with Crippen molar-refractivity contribution in [3.8, 4) is 0 Å². The van der Waals surface area contributed by atoms with Crippen LogP contribution in [0.2, 0.25) is 0 Å². The van der Waals surface area contributed by atoms with Crippen LogP contribution in [-0.2, 0) is 4.74 Å². The number of piperidine rings is 1. The first-order valence-electron chi connectivity index (χ1n) is 6.64. The van der Waals surface area contributed by atoms with Crippen molar-refractivity contribution in [2.75, 3.05) is 6.54 Å². The molecule has 0 aromatic carbocycles. The lowest BCUT2D eigenvalue weighted by atomic mass is 10.1. The molecule has 1 aliphatic heterocycles. The van der Waals surface area contributed by atoms with Gasteiger partial charge >= 0.3 is 6.09 Å². The molecule has 0 aliphatic carbocycles. The number of hydrogen-bond acceptors (Lipinski definition) is 2. The van der Waals surface area contributed by atoms with E-state index in [0.29, 0.717) is 0 Å². The molecule has 0 aromatic rings. The summed E-state index contributed by atoms with van der Waals surface area (Å²) < 4.78 is 5.44. The topological polar surface area (TPSA) is 29.5 Å². The molecule has 1 heterocycles. The molecule has 1 aliphatic rings. The number of hydrogen-bond donors (Lipinski definition) is 0. The van der Waals surface area contributed by atoms with E-state index in [-0.39, 0.29) is 6.09 Å². The first kappa shape index (κ1) is 14.8. The van der Waals surface area contributed by atoms with E-state index in [1.807, 2.05) is 26.8 Å². The number of likely N-dealkylation sites (tertiary alicyclic amines) is 1. The largest absolute Gasteiger partial charge is 0.443 e. The van der Waals surface area contributed by atoms with Crippen molar-refractivity contribution >= 4 is 6.09 Å². The van der Waals surface area contributed by atoms with Crippen LogP contribution in [0.25, 0.3) is 0 Å². The van der Waals surface area contributed by atoms with Crippen molar-refractivity contribution in [3.05, 3.63) is 23.4 Å². The summed E-state index contributed by atoms with van der Waals surface area (Å²) >= 11 is 0. The van der Waals surface area contributed by atoms with E-state index in [2.05, 4.69) is 19.9 Å². The fraction of sp³-hybridized carbons (Fsp3) is 0.667. The Morgan fingerprint density at radius 1 is 1.28 bits per heavy atom. The Hall–Kier alpha value is -1.25. The molecule has 1 amide bonds. The van der Waals surface area contributed by atoms with E-state index in [9.17, 15) is 4.79 Å². The van der Waals surface area contributed by atoms with Gasteiger partial charge < -0.3 is 4.74 Å². The van der Waals surface area contributed by atoms with Crippen LogP contribution in [0.3, 0.4) is 0 Å². The lowest BCUT2D eigenvalue weighted by molar-refractivity contribution is 0.0286. The molecule has 0 N–H and O–H groups in total. The minimum atomic E-state index is -0.434. The van der Waals surface area contributed by atoms with Crippen LogP contribution in [0.1, 0.15) is 53.9 Å². The first-order valence-corrected chi connectivity index (χ1v) is 6.64. The second kappa shape index (κ2) is 6.07. The van der Waals surface area contributed by atoms with E-state index in [1.54, 1.807) is 4.90 Å². The van der Waals surface area contributed by atoms with Gasteiger partial charge in [0.2, 0.25) is 0 Å². The van der Waals surface area contributed by atoms with Gasteiger partial charge in [0.1, 0.15) is 5.60 Å². The molecule has 1 fully saturated rings. The van der Waals surface area contributed by atoms with Gasteiger partial charge in [-0.15, -0.1) is 0 Å². The standard InChI is InChI=1S/C15H25NO2/c1-12(2)9-10-13-8-6-7-11-16(13)14(17)18-15(3,4)5/h9-10H,6-8,11H2,1-5H3/b13-10-. The SMILES string of the molecule is CC(C)=C/C=C1/CCCCN1C(=O)OC(C)(C)C. The number of carbonyl (C=O) groups excluding carboxylic acids is 1. The summed E-state index contributed by atoms with van der Waals surface area (Å²) in [5.41, 5.74) is 1.87. The van der Waals surface area contributed by atoms with Gasteiger partial charge in [-0.25, -0.2) is 4.79 Å². The van der Waals surface area contributed by atoms with Crippen molar-refractivity contribution in [2.24, 2.45) is 0 Å². The summed E-state index contributed by atoms with van der Waals surface area (Å²) in [5.74, 6) is 0. The highest BCUT2D eigenvalue weighted by Gasteiger charge is 2.26. The molecule has 0 spiro atoms. The molecule has 0 bridgehead atoms. The van der Waals surface area contributed by atoms with Crippen molar-refractivity contribution in [2.45, 2.75) is 59.5 Å². The van der Waals surface area contributed by atoms with E-state index in [1.165, 1.54) is 5.57 Å². The number of rotatable bonds is 1. The van der Waals surface area contributed by atoms with Gasteiger partial charge in [-0.1, -0.05) is 11.6 Å². The third kappa shape index (κ3) is 4.94. The van der Waals surface area contributed by atoms with Gasteiger partial charge in [-0.3, -0.25) is 4.90 Å². The van der Waals surface area contributed by atoms with Crippen molar-refractivity contribution in [3.63, 3.8) is 0 Å². The van der Waals surface area contributed by atoms with Crippen LogP contribution in [0.4, 0.5) is 4.79 Å². The third-order valence-corrected chi connectivity index (χ3v) is 2.63. The van der Waals surface area contributed by atoms with Crippen LogP contribution in [0, 0.1) is 0 Å². The Labute approximate surface area is 110 Å². The highest BCUT2D eigenvalue weighted by atomic mass is 16.6. The highest BCUT2D eigenvalue weighted by molar-refractivity contribution is 5.70. The van der Waals surface area contributed by atoms with Gasteiger partial charge in [0.05, 0.1) is 0 Å². The van der Waals surface area contributed by atoms with Gasteiger partial charge in [0.25, 0.3) is 0 Å². The summed E-state index contributed by atoms with van der Waals surface area (Å²) in [4.78, 5) is 13.9. The monoisotopic (exact) mass is 251 g/mol. The molecule has 1 rings (SSSR count). The fourth-order valence-corrected chi connectivity index (χ4v) is 1.82. The van der Waals surface area contributed by atoms with Crippen LogP contribution in [-0.4, -0.2) is 23.1 Å². The summed E-state index contributed by atoms with van der Waals surface area (Å²) in [6.45, 7) is 10.6. The lowest BCUT2D eigenvalue weighted by Crippen LogP contribution is -2.38. The number of ether oxygens (including phenoxy) is 1. The maximum Gasteiger partial charge on any atom is 0.414 e. The van der Waals surface area contributed by atoms with Crippen molar-refractivity contribution in [1.29, 1.82) is 0 Å². The molecule has 3 nitrogen and oxygen atoms in total. The van der Waals surface area contributed by atoms with Crippen LogP contribution in [0.5, 0.6) is 0 Å². The molecule has 102 valence electrons. The summed E-state index contributed by atoms with van der Waals surface area (Å²) in [5, 5.41) is 0. The van der Waals surface area contributed by atoms with Crippen LogP contribution in [0.15, 0.2) is 23.4 Å². The molecule has 3 heteroatoms. The maximum atomic E-state index is 12.1. The zero-order valence-electron chi connectivity index (χ0n) is 12.2. The second-order valence-corrected chi connectivity index (χ2v) is 5.99. The summed E-state index contributed by atoms with van der Waals surface area (Å²) in [6, 6.07) is 0. The predicted molar refractivity (Wildman–Crippen MR) is 74.3 cm³/mol. The number of amides is 1.